The van der Waals surface area contributed by atoms with Crippen LogP contribution in [0, 0.1) is 11.3 Å². The van der Waals surface area contributed by atoms with Crippen LogP contribution in [0.25, 0.3) is 0 Å². The van der Waals surface area contributed by atoms with Crippen molar-refractivity contribution in [1.29, 1.82) is 5.26 Å². The molecule has 21 heteroatoms. The Morgan fingerprint density at radius 1 is 0.500 bits per heavy atom. The van der Waals surface area contributed by atoms with E-state index in [0.29, 0.717) is 82.9 Å². The second kappa shape index (κ2) is 56.6. The topological polar surface area (TPSA) is 222 Å². The van der Waals surface area contributed by atoms with Gasteiger partial charge in [0, 0.05) is 140 Å². The number of nitrogens with one attached hydrogen (secondary N) is 2. The van der Waals surface area contributed by atoms with Crippen LogP contribution >= 0.6 is 22.9 Å². The number of carbonyl (C=O) groups is 1. The Labute approximate surface area is 859 Å². The van der Waals surface area contributed by atoms with Gasteiger partial charge in [-0.2, -0.15) is 14.7 Å². The number of aromatic nitrogens is 13. The first-order chi connectivity index (χ1) is 63.8. The number of imidazole rings is 1. The number of halogens is 1. The Kier molecular flexibility index (Phi) is 51.2. The quantitative estimate of drug-likeness (QED) is 0.0817. The molecular weight excluding hydrogens is 1770 g/mol. The van der Waals surface area contributed by atoms with Crippen molar-refractivity contribution >= 4 is 34.7 Å². The Bertz CT molecular complexity index is 5080. The molecule has 0 aromatic carbocycles. The first-order valence-corrected chi connectivity index (χ1v) is 52.6. The van der Waals surface area contributed by atoms with Crippen LogP contribution in [0.15, 0.2) is 156 Å². The minimum absolute atomic E-state index is 0. The first-order valence-electron chi connectivity index (χ1n) is 50.9. The number of hydrogen-bond acceptors (Lipinski definition) is 15. The zero-order valence-electron chi connectivity index (χ0n) is 93.7. The highest BCUT2D eigenvalue weighted by Gasteiger charge is 2.40. The monoisotopic (exact) mass is 1960 g/mol. The zero-order valence-corrected chi connectivity index (χ0v) is 95.3. The van der Waals surface area contributed by atoms with Gasteiger partial charge < -0.3 is 19.0 Å². The number of alkyl halides is 1. The summed E-state index contributed by atoms with van der Waals surface area (Å²) in [5.41, 5.74) is 14.5. The molecule has 11 heterocycles. The summed E-state index contributed by atoms with van der Waals surface area (Å²) in [7, 11) is 0. The van der Waals surface area contributed by atoms with Crippen molar-refractivity contribution in [3.63, 3.8) is 0 Å². The molecule has 14 rings (SSSR count). The van der Waals surface area contributed by atoms with Crippen LogP contribution in [-0.2, 0) is 43.7 Å². The summed E-state index contributed by atoms with van der Waals surface area (Å²) in [6.07, 6.45) is 22.3. The molecule has 18 nitrogen and oxygen atoms in total. The van der Waals surface area contributed by atoms with Gasteiger partial charge in [0.15, 0.2) is 0 Å². The first kappa shape index (κ1) is 127. The third kappa shape index (κ3) is 44.2. The number of nitrogens with zero attached hydrogens (tertiary/aromatic N) is 14. The van der Waals surface area contributed by atoms with Gasteiger partial charge in [-0.1, -0.05) is 281 Å². The number of urea groups is 1. The van der Waals surface area contributed by atoms with Crippen LogP contribution < -0.4 is 10.6 Å². The molecule has 3 saturated carbocycles. The Morgan fingerprint density at radius 2 is 1.02 bits per heavy atom. The van der Waals surface area contributed by atoms with Crippen LogP contribution in [0.4, 0.5) is 15.0 Å². The summed E-state index contributed by atoms with van der Waals surface area (Å²) < 4.78 is 29.9. The summed E-state index contributed by atoms with van der Waals surface area (Å²) >= 11 is 3.14. The van der Waals surface area contributed by atoms with Crippen molar-refractivity contribution in [2.24, 2.45) is 0 Å². The lowest BCUT2D eigenvalue weighted by Crippen LogP contribution is -2.28. The average molecular weight is 1960 g/mol. The lowest BCUT2D eigenvalue weighted by Gasteiger charge is -2.19. The zero-order chi connectivity index (χ0) is 105. The van der Waals surface area contributed by atoms with Crippen molar-refractivity contribution < 1.29 is 13.7 Å². The third-order valence-corrected chi connectivity index (χ3v) is 25.8. The van der Waals surface area contributed by atoms with Gasteiger partial charge in [-0.05, 0) is 271 Å². The Balaban J connectivity index is 0.000000520. The van der Waals surface area contributed by atoms with Crippen molar-refractivity contribution in [2.75, 3.05) is 11.9 Å². The number of thiophene rings is 1. The van der Waals surface area contributed by atoms with Crippen LogP contribution in [0.2, 0.25) is 0 Å². The van der Waals surface area contributed by atoms with Crippen LogP contribution in [0.5, 0.6) is 0 Å². The van der Waals surface area contributed by atoms with Gasteiger partial charge in [0.25, 0.3) is 0 Å². The molecule has 0 spiro atoms. The van der Waals surface area contributed by atoms with Gasteiger partial charge in [-0.3, -0.25) is 25.0 Å². The average Bonchev–Trinajstić information content (AvgIpc) is 1.63. The van der Waals surface area contributed by atoms with Crippen LogP contribution in [0.1, 0.15) is 529 Å². The van der Waals surface area contributed by atoms with E-state index in [4.69, 9.17) is 14.8 Å². The molecule has 0 radical (unpaired) electrons. The maximum Gasteiger partial charge on any atom is 0.320 e. The van der Waals surface area contributed by atoms with Gasteiger partial charge in [0.1, 0.15) is 28.9 Å². The van der Waals surface area contributed by atoms with E-state index in [1.165, 1.54) is 106 Å². The van der Waals surface area contributed by atoms with Crippen LogP contribution in [-0.4, -0.2) is 75.9 Å². The number of rotatable bonds is 18. The number of anilines is 1. The highest BCUT2D eigenvalue weighted by molar-refractivity contribution is 7.10. The fourth-order valence-electron chi connectivity index (χ4n) is 13.1. The van der Waals surface area contributed by atoms with Gasteiger partial charge in [0.2, 0.25) is 0 Å². The smallest absolute Gasteiger partial charge is 0.320 e. The van der Waals surface area contributed by atoms with E-state index in [-0.39, 0.29) is 48.1 Å². The van der Waals surface area contributed by atoms with Crippen molar-refractivity contribution in [3.05, 3.63) is 253 Å². The van der Waals surface area contributed by atoms with Gasteiger partial charge in [-0.15, -0.1) is 11.3 Å². The molecule has 2 N–H and O–H groups in total. The molecule has 0 saturated heterocycles. The Morgan fingerprint density at radius 3 is 1.43 bits per heavy atom. The summed E-state index contributed by atoms with van der Waals surface area (Å²) in [4.78, 5) is 44.6. The van der Waals surface area contributed by atoms with E-state index < -0.39 is 11.1 Å². The van der Waals surface area contributed by atoms with Crippen molar-refractivity contribution in [1.82, 2.24) is 68.6 Å². The van der Waals surface area contributed by atoms with E-state index in [1.54, 1.807) is 37.6 Å². The van der Waals surface area contributed by atoms with Crippen LogP contribution in [0.3, 0.4) is 0 Å². The minimum atomic E-state index is -1.19. The fourth-order valence-corrected chi connectivity index (χ4v) is 15.1. The van der Waals surface area contributed by atoms with E-state index in [9.17, 15) is 9.18 Å². The predicted molar refractivity (Wildman–Crippen MR) is 598 cm³/mol. The maximum absolute atomic E-state index is 13.6. The van der Waals surface area contributed by atoms with Crippen molar-refractivity contribution in [3.8, 4) is 6.07 Å². The van der Waals surface area contributed by atoms with E-state index in [0.717, 1.165) is 56.9 Å². The lowest BCUT2D eigenvalue weighted by atomic mass is 9.89. The number of hydrogen-bond donors (Lipinski definition) is 2. The predicted octanol–water partition coefficient (Wildman–Crippen LogP) is 35.1. The maximum atomic E-state index is 13.6. The SMILES string of the molecule is C.C.CC(C)c1cc(C(C)(C)C)on1.CC(C)c1cc(C(C)(C)C)sn1.CC(C)c1cccc(C(C)(C)C)n1.CC(C)c1cccc(C2(C)CC2)n1.CC(C)c1ccn(C(C)(C)C)n1.CC(C)c1ccn(C2CC2)c1.CC(C)c1ccnc(C(C)(C)C#N)c1.CC(C)c1ccnc(C(C)(C)C)n1.CC(C)c1ccsc1C(C)(C)F.CC(C)c1nccn1C1CC1.CCNC(=O)Nc1cccc(C(C)C)n1. The number of nitriles is 1. The molecule has 0 unspecified atom stereocenters. The summed E-state index contributed by atoms with van der Waals surface area (Å²) in [6, 6.07) is 38.6. The second-order valence-corrected chi connectivity index (χ2v) is 48.6. The number of carbonyl (C=O) groups excluding carboxylic acids is 1. The van der Waals surface area contributed by atoms with E-state index >= 15 is 0 Å². The van der Waals surface area contributed by atoms with Crippen molar-refractivity contribution in [2.45, 2.75) is 472 Å². The second-order valence-electron chi connectivity index (χ2n) is 46.9. The molecule has 2 amide bonds. The van der Waals surface area contributed by atoms with Gasteiger partial charge in [0.05, 0.1) is 39.8 Å². The van der Waals surface area contributed by atoms with Gasteiger partial charge >= 0.3 is 6.03 Å². The van der Waals surface area contributed by atoms with E-state index in [2.05, 4.69) is 413 Å². The standard InChI is InChI=1S/C12H16N2.C12H17N.C12H19N.C11H17N3O.C11H18N2.C10H15FS.C10H18N2.C10H17NO.C10H17NS.C10H15N.C9H14N2.2CH4/c1-9(2)10-5-6-14-11(7-10)12(3,4)8-13;1-9(2)10-5-4-6-11(13-10)12(3)7-8-12;1-9(2)10-7-6-8-11(13-10)12(3,4)5;1-4-12-11(15)14-10-7-5-6-9(13-10)8(2)3;1-8(2)9-6-7-12-10(13-9)11(3,4)5;1-7(2)8-5-6-12-9(8)10(3,4)11;1-8(2)9-6-7-12(11-9)10(3,4)5;2*1-7(2)8-6-9(12-11-8)10(3,4)5;1-8(2)9-5-6-11(7-9)10-3-4-10;1-7(2)9-10-5-6-11(9)8-3-4-8;;/h5-7,9H,1-4H3;4-6,9H,7-8H2,1-3H3;6-9H,1-5H3;5-8H,4H2,1-3H3,(H2,12,13,14,15);6-8H,1-5H3;5-7H,1-4H3;6-8H,1-5H3;2*6-7H,1-5H3;5-8,10H,3-4H2,1-2H3;5-8H,3-4H2,1-2H3;2*1H4. The van der Waals surface area contributed by atoms with Gasteiger partial charge in [-0.25, -0.2) is 29.1 Å². The summed E-state index contributed by atoms with van der Waals surface area (Å²) in [5, 5.41) is 24.8. The number of pyridine rings is 4. The molecule has 0 atom stereocenters. The molecule has 778 valence electrons. The molecule has 0 bridgehead atoms. The molecule has 0 aliphatic heterocycles. The number of amides is 2. The molecule has 3 fully saturated rings. The summed E-state index contributed by atoms with van der Waals surface area (Å²) in [5.74, 6) is 9.28. The molecule has 11 aromatic heterocycles. The normalized spacial score (nSPS) is 13.3. The lowest BCUT2D eigenvalue weighted by molar-refractivity contribution is 0.225. The van der Waals surface area contributed by atoms with E-state index in [1.807, 2.05) is 85.7 Å². The molecule has 140 heavy (non-hydrogen) atoms. The highest BCUT2D eigenvalue weighted by atomic mass is 32.1. The Hall–Kier alpha value is -9.39. The molecule has 3 aliphatic rings. The highest BCUT2D eigenvalue weighted by Crippen LogP contribution is 2.47. The molecule has 11 aromatic rings. The molecule has 3 aliphatic carbocycles. The summed E-state index contributed by atoms with van der Waals surface area (Å²) in [6.45, 7) is 91.7. The molecular formula is C119H191FN16O2S2. The largest absolute Gasteiger partial charge is 0.361 e. The minimum Gasteiger partial charge on any atom is -0.361 e. The fraction of sp³-hybridized carbons (Fsp3) is 0.613. The third-order valence-electron chi connectivity index (χ3n) is 23.4.